The first-order chi connectivity index (χ1) is 11.8. The standard InChI is InChI=1S/C21H23N3/c1-15-9-8-14-18-19(15)21(22-17-12-6-3-7-13-17)24-20(23-18)16-10-4-2-5-11-16/h2,4-5,8-11,14,17H,3,6-7,12-13H2,1H3,(H,22,23,24). The molecule has 3 aromatic rings. The highest BCUT2D eigenvalue weighted by molar-refractivity contribution is 5.93. The molecule has 1 aliphatic rings. The highest BCUT2D eigenvalue weighted by Crippen LogP contribution is 2.30. The number of fused-ring (bicyclic) bond motifs is 1. The van der Waals surface area contributed by atoms with E-state index in [4.69, 9.17) is 9.97 Å². The molecule has 1 N–H and O–H groups in total. The number of rotatable bonds is 3. The van der Waals surface area contributed by atoms with Crippen LogP contribution in [0, 0.1) is 6.92 Å². The van der Waals surface area contributed by atoms with Crippen molar-refractivity contribution in [1.82, 2.24) is 9.97 Å². The van der Waals surface area contributed by atoms with Crippen molar-refractivity contribution in [2.75, 3.05) is 5.32 Å². The first-order valence-electron chi connectivity index (χ1n) is 8.90. The molecule has 24 heavy (non-hydrogen) atoms. The van der Waals surface area contributed by atoms with Crippen LogP contribution in [-0.2, 0) is 0 Å². The lowest BCUT2D eigenvalue weighted by Gasteiger charge is -2.24. The third kappa shape index (κ3) is 2.99. The molecular formula is C21H23N3. The van der Waals surface area contributed by atoms with Crippen molar-refractivity contribution in [3.63, 3.8) is 0 Å². The fraction of sp³-hybridized carbons (Fsp3) is 0.333. The number of hydrogen-bond donors (Lipinski definition) is 1. The molecule has 3 heteroatoms. The Morgan fingerprint density at radius 2 is 1.67 bits per heavy atom. The SMILES string of the molecule is Cc1cccc2nc(-c3ccccc3)nc(NC3CCCCC3)c12. The van der Waals surface area contributed by atoms with Crippen molar-refractivity contribution < 1.29 is 0 Å². The molecule has 1 aliphatic carbocycles. The minimum Gasteiger partial charge on any atom is -0.367 e. The van der Waals surface area contributed by atoms with Crippen LogP contribution in [0.25, 0.3) is 22.3 Å². The van der Waals surface area contributed by atoms with Crippen LogP contribution < -0.4 is 5.32 Å². The van der Waals surface area contributed by atoms with Gasteiger partial charge in [0.15, 0.2) is 5.82 Å². The molecule has 0 radical (unpaired) electrons. The topological polar surface area (TPSA) is 37.8 Å². The van der Waals surface area contributed by atoms with Crippen LogP contribution in [-0.4, -0.2) is 16.0 Å². The van der Waals surface area contributed by atoms with Crippen molar-refractivity contribution in [3.05, 3.63) is 54.1 Å². The molecule has 1 heterocycles. The van der Waals surface area contributed by atoms with Crippen molar-refractivity contribution in [2.45, 2.75) is 45.1 Å². The van der Waals surface area contributed by atoms with Gasteiger partial charge in [-0.05, 0) is 31.4 Å². The molecule has 0 bridgehead atoms. The third-order valence-corrected chi connectivity index (χ3v) is 4.91. The third-order valence-electron chi connectivity index (χ3n) is 4.91. The van der Waals surface area contributed by atoms with Gasteiger partial charge in [-0.1, -0.05) is 61.7 Å². The summed E-state index contributed by atoms with van der Waals surface area (Å²) in [7, 11) is 0. The van der Waals surface area contributed by atoms with E-state index in [-0.39, 0.29) is 0 Å². The van der Waals surface area contributed by atoms with Crippen LogP contribution in [0.15, 0.2) is 48.5 Å². The molecule has 1 saturated carbocycles. The van der Waals surface area contributed by atoms with E-state index in [2.05, 4.69) is 42.6 Å². The minimum absolute atomic E-state index is 0.528. The molecule has 0 amide bonds. The van der Waals surface area contributed by atoms with Gasteiger partial charge < -0.3 is 5.32 Å². The monoisotopic (exact) mass is 317 g/mol. The number of aryl methyl sites for hydroxylation is 1. The van der Waals surface area contributed by atoms with Crippen molar-refractivity contribution in [2.24, 2.45) is 0 Å². The molecule has 0 unspecified atom stereocenters. The molecule has 0 saturated heterocycles. The molecule has 4 rings (SSSR count). The van der Waals surface area contributed by atoms with E-state index in [1.165, 1.54) is 37.7 Å². The Balaban J connectivity index is 1.82. The van der Waals surface area contributed by atoms with Gasteiger partial charge in [-0.25, -0.2) is 9.97 Å². The van der Waals surface area contributed by atoms with Crippen molar-refractivity contribution in [3.8, 4) is 11.4 Å². The van der Waals surface area contributed by atoms with Gasteiger partial charge in [-0.15, -0.1) is 0 Å². The molecule has 1 aromatic heterocycles. The van der Waals surface area contributed by atoms with E-state index < -0.39 is 0 Å². The van der Waals surface area contributed by atoms with E-state index in [9.17, 15) is 0 Å². The van der Waals surface area contributed by atoms with Gasteiger partial charge in [0, 0.05) is 17.0 Å². The summed E-state index contributed by atoms with van der Waals surface area (Å²) in [5.74, 6) is 1.79. The van der Waals surface area contributed by atoms with E-state index in [0.717, 1.165) is 28.1 Å². The zero-order valence-electron chi connectivity index (χ0n) is 14.1. The zero-order valence-corrected chi connectivity index (χ0v) is 14.1. The Hall–Kier alpha value is -2.42. The lowest BCUT2D eigenvalue weighted by Crippen LogP contribution is -2.23. The highest BCUT2D eigenvalue weighted by atomic mass is 15.1. The Labute approximate surface area is 143 Å². The lowest BCUT2D eigenvalue weighted by molar-refractivity contribution is 0.462. The summed E-state index contributed by atoms with van der Waals surface area (Å²) in [6, 6.07) is 17.1. The fourth-order valence-electron chi connectivity index (χ4n) is 3.62. The molecule has 0 aliphatic heterocycles. The summed E-state index contributed by atoms with van der Waals surface area (Å²) >= 11 is 0. The number of aromatic nitrogens is 2. The average molecular weight is 317 g/mol. The Kier molecular flexibility index (Phi) is 4.16. The van der Waals surface area contributed by atoms with Gasteiger partial charge in [-0.2, -0.15) is 0 Å². The predicted molar refractivity (Wildman–Crippen MR) is 100 cm³/mol. The summed E-state index contributed by atoms with van der Waals surface area (Å²) in [5, 5.41) is 4.88. The van der Waals surface area contributed by atoms with Crippen molar-refractivity contribution >= 4 is 16.7 Å². The second-order valence-electron chi connectivity index (χ2n) is 6.71. The maximum absolute atomic E-state index is 4.90. The van der Waals surface area contributed by atoms with Crippen molar-refractivity contribution in [1.29, 1.82) is 0 Å². The van der Waals surface area contributed by atoms with Crippen LogP contribution >= 0.6 is 0 Å². The summed E-state index contributed by atoms with van der Waals surface area (Å²) in [5.41, 5.74) is 3.31. The minimum atomic E-state index is 0.528. The van der Waals surface area contributed by atoms with E-state index in [1.807, 2.05) is 18.2 Å². The van der Waals surface area contributed by atoms with Gasteiger partial charge in [0.1, 0.15) is 5.82 Å². The average Bonchev–Trinajstić information content (AvgIpc) is 2.63. The summed E-state index contributed by atoms with van der Waals surface area (Å²) in [6.45, 7) is 2.14. The Morgan fingerprint density at radius 1 is 0.875 bits per heavy atom. The molecule has 2 aromatic carbocycles. The molecule has 0 spiro atoms. The first kappa shape index (κ1) is 15.1. The number of nitrogens with one attached hydrogen (secondary N) is 1. The maximum Gasteiger partial charge on any atom is 0.162 e. The summed E-state index contributed by atoms with van der Waals surface area (Å²) < 4.78 is 0. The Bertz CT molecular complexity index is 836. The predicted octanol–water partition coefficient (Wildman–Crippen LogP) is 5.35. The number of hydrogen-bond acceptors (Lipinski definition) is 3. The first-order valence-corrected chi connectivity index (χ1v) is 8.90. The van der Waals surface area contributed by atoms with Gasteiger partial charge in [0.2, 0.25) is 0 Å². The van der Waals surface area contributed by atoms with E-state index >= 15 is 0 Å². The van der Waals surface area contributed by atoms with E-state index in [0.29, 0.717) is 6.04 Å². The normalized spacial score (nSPS) is 15.5. The molecular weight excluding hydrogens is 294 g/mol. The molecule has 122 valence electrons. The largest absolute Gasteiger partial charge is 0.367 e. The summed E-state index contributed by atoms with van der Waals surface area (Å²) in [4.78, 5) is 9.71. The van der Waals surface area contributed by atoms with Crippen LogP contribution in [0.4, 0.5) is 5.82 Å². The molecule has 1 fully saturated rings. The lowest BCUT2D eigenvalue weighted by atomic mass is 9.95. The quantitative estimate of drug-likeness (QED) is 0.707. The Morgan fingerprint density at radius 3 is 2.46 bits per heavy atom. The van der Waals surface area contributed by atoms with Crippen LogP contribution in [0.5, 0.6) is 0 Å². The second kappa shape index (κ2) is 6.60. The van der Waals surface area contributed by atoms with Gasteiger partial charge in [0.25, 0.3) is 0 Å². The van der Waals surface area contributed by atoms with E-state index in [1.54, 1.807) is 0 Å². The second-order valence-corrected chi connectivity index (χ2v) is 6.71. The maximum atomic E-state index is 4.90. The van der Waals surface area contributed by atoms with Gasteiger partial charge >= 0.3 is 0 Å². The van der Waals surface area contributed by atoms with Crippen LogP contribution in [0.1, 0.15) is 37.7 Å². The number of anilines is 1. The molecule has 0 atom stereocenters. The molecule has 3 nitrogen and oxygen atoms in total. The van der Waals surface area contributed by atoms with Gasteiger partial charge in [-0.3, -0.25) is 0 Å². The zero-order chi connectivity index (χ0) is 16.4. The van der Waals surface area contributed by atoms with Crippen LogP contribution in [0.3, 0.4) is 0 Å². The smallest absolute Gasteiger partial charge is 0.162 e. The number of nitrogens with zero attached hydrogens (tertiary/aromatic N) is 2. The summed E-state index contributed by atoms with van der Waals surface area (Å²) in [6.07, 6.45) is 6.45. The highest BCUT2D eigenvalue weighted by Gasteiger charge is 2.17. The number of benzene rings is 2. The van der Waals surface area contributed by atoms with Gasteiger partial charge in [0.05, 0.1) is 5.52 Å². The fourth-order valence-corrected chi connectivity index (χ4v) is 3.62. The van der Waals surface area contributed by atoms with Crippen LogP contribution in [0.2, 0.25) is 0 Å².